The first kappa shape index (κ1) is 18.8. The number of hydrogen-bond donors (Lipinski definition) is 1. The van der Waals surface area contributed by atoms with Crippen molar-refractivity contribution in [1.82, 2.24) is 4.90 Å². The molecule has 0 saturated carbocycles. The van der Waals surface area contributed by atoms with E-state index in [1.165, 1.54) is 5.56 Å². The molecule has 2 aromatic carbocycles. The van der Waals surface area contributed by atoms with E-state index in [0.717, 1.165) is 12.8 Å². The van der Waals surface area contributed by atoms with Gasteiger partial charge in [-0.15, -0.1) is 0 Å². The largest absolute Gasteiger partial charge is 0.497 e. The third-order valence-electron chi connectivity index (χ3n) is 3.99. The second kappa shape index (κ2) is 9.69. The van der Waals surface area contributed by atoms with Crippen molar-refractivity contribution >= 4 is 5.91 Å². The minimum absolute atomic E-state index is 0.0712. The summed E-state index contributed by atoms with van der Waals surface area (Å²) in [4.78, 5) is 14.5. The van der Waals surface area contributed by atoms with Gasteiger partial charge in [0.1, 0.15) is 11.5 Å². The smallest absolute Gasteiger partial charge is 0.254 e. The molecule has 25 heavy (non-hydrogen) atoms. The fourth-order valence-electron chi connectivity index (χ4n) is 2.67. The second-order valence-electron chi connectivity index (χ2n) is 5.71. The van der Waals surface area contributed by atoms with Gasteiger partial charge in [-0.3, -0.25) is 4.79 Å². The molecule has 0 unspecified atom stereocenters. The van der Waals surface area contributed by atoms with E-state index >= 15 is 0 Å². The molecule has 0 heterocycles. The van der Waals surface area contributed by atoms with Crippen LogP contribution < -0.4 is 9.47 Å². The Labute approximate surface area is 148 Å². The fourth-order valence-corrected chi connectivity index (χ4v) is 2.67. The molecule has 0 saturated heterocycles. The van der Waals surface area contributed by atoms with Crippen LogP contribution >= 0.6 is 0 Å². The first-order valence-corrected chi connectivity index (χ1v) is 8.35. The summed E-state index contributed by atoms with van der Waals surface area (Å²) in [5.74, 6) is 0.992. The molecule has 2 rings (SSSR count). The maximum atomic E-state index is 12.8. The molecule has 134 valence electrons. The Balaban J connectivity index is 2.06. The van der Waals surface area contributed by atoms with Crippen molar-refractivity contribution in [2.45, 2.75) is 12.8 Å². The van der Waals surface area contributed by atoms with E-state index in [1.807, 2.05) is 18.2 Å². The van der Waals surface area contributed by atoms with Gasteiger partial charge in [-0.1, -0.05) is 30.3 Å². The molecule has 0 fully saturated rings. The van der Waals surface area contributed by atoms with Crippen molar-refractivity contribution in [1.29, 1.82) is 0 Å². The molecule has 0 aliphatic heterocycles. The Morgan fingerprint density at radius 1 is 1.00 bits per heavy atom. The van der Waals surface area contributed by atoms with Gasteiger partial charge in [0.2, 0.25) is 0 Å². The maximum absolute atomic E-state index is 12.8. The SMILES string of the molecule is COc1cc(OC)cc(C(=O)N(CCO)CCCc2ccccc2)c1. The zero-order valence-electron chi connectivity index (χ0n) is 14.8. The van der Waals surface area contributed by atoms with Crippen LogP contribution in [0.1, 0.15) is 22.3 Å². The highest BCUT2D eigenvalue weighted by Gasteiger charge is 2.17. The van der Waals surface area contributed by atoms with Gasteiger partial charge in [-0.25, -0.2) is 0 Å². The van der Waals surface area contributed by atoms with Gasteiger partial charge in [0.15, 0.2) is 0 Å². The third kappa shape index (κ3) is 5.50. The molecule has 0 aliphatic rings. The first-order valence-electron chi connectivity index (χ1n) is 8.35. The van der Waals surface area contributed by atoms with E-state index in [2.05, 4.69) is 12.1 Å². The highest BCUT2D eigenvalue weighted by molar-refractivity contribution is 5.95. The normalized spacial score (nSPS) is 10.4. The summed E-state index contributed by atoms with van der Waals surface area (Å²) in [6, 6.07) is 15.3. The molecule has 5 heteroatoms. The number of ether oxygens (including phenoxy) is 2. The zero-order valence-corrected chi connectivity index (χ0v) is 14.8. The van der Waals surface area contributed by atoms with Crippen LogP contribution in [-0.4, -0.2) is 49.8 Å². The molecule has 5 nitrogen and oxygen atoms in total. The van der Waals surface area contributed by atoms with Crippen molar-refractivity contribution in [3.63, 3.8) is 0 Å². The summed E-state index contributed by atoms with van der Waals surface area (Å²) in [5, 5.41) is 9.31. The van der Waals surface area contributed by atoms with E-state index < -0.39 is 0 Å². The van der Waals surface area contributed by atoms with Crippen molar-refractivity contribution in [2.24, 2.45) is 0 Å². The predicted octanol–water partition coefficient (Wildman–Crippen LogP) is 2.77. The van der Waals surface area contributed by atoms with Crippen LogP contribution in [0.4, 0.5) is 0 Å². The Kier molecular flexibility index (Phi) is 7.29. The Bertz CT molecular complexity index is 650. The number of aliphatic hydroxyl groups excluding tert-OH is 1. The lowest BCUT2D eigenvalue weighted by molar-refractivity contribution is 0.0719. The van der Waals surface area contributed by atoms with Gasteiger partial charge >= 0.3 is 0 Å². The molecule has 1 N–H and O–H groups in total. The number of benzene rings is 2. The molecule has 0 aliphatic carbocycles. The van der Waals surface area contributed by atoms with E-state index in [-0.39, 0.29) is 12.5 Å². The minimum Gasteiger partial charge on any atom is -0.497 e. The molecular weight excluding hydrogens is 318 g/mol. The summed E-state index contributed by atoms with van der Waals surface area (Å²) in [7, 11) is 3.10. The summed E-state index contributed by atoms with van der Waals surface area (Å²) < 4.78 is 10.5. The number of aryl methyl sites for hydroxylation is 1. The number of amides is 1. The Morgan fingerprint density at radius 3 is 2.20 bits per heavy atom. The Morgan fingerprint density at radius 2 is 1.64 bits per heavy atom. The zero-order chi connectivity index (χ0) is 18.1. The monoisotopic (exact) mass is 343 g/mol. The second-order valence-corrected chi connectivity index (χ2v) is 5.71. The van der Waals surface area contributed by atoms with Crippen LogP contribution in [0.15, 0.2) is 48.5 Å². The van der Waals surface area contributed by atoms with E-state index in [9.17, 15) is 9.90 Å². The van der Waals surface area contributed by atoms with Crippen molar-refractivity contribution in [3.8, 4) is 11.5 Å². The van der Waals surface area contributed by atoms with Crippen LogP contribution in [0.3, 0.4) is 0 Å². The van der Waals surface area contributed by atoms with Crippen molar-refractivity contribution in [3.05, 3.63) is 59.7 Å². The molecular formula is C20H25NO4. The van der Waals surface area contributed by atoms with Crippen LogP contribution in [0, 0.1) is 0 Å². The number of hydrogen-bond acceptors (Lipinski definition) is 4. The topological polar surface area (TPSA) is 59.0 Å². The van der Waals surface area contributed by atoms with E-state index in [4.69, 9.17) is 9.47 Å². The predicted molar refractivity (Wildman–Crippen MR) is 97.3 cm³/mol. The average Bonchev–Trinajstić information content (AvgIpc) is 2.67. The number of carbonyl (C=O) groups is 1. The molecule has 0 aromatic heterocycles. The van der Waals surface area contributed by atoms with Gasteiger partial charge in [0, 0.05) is 24.7 Å². The van der Waals surface area contributed by atoms with Crippen molar-refractivity contribution < 1.29 is 19.4 Å². The standard InChI is InChI=1S/C20H25NO4/c1-24-18-13-17(14-19(15-18)25-2)20(23)21(11-12-22)10-6-9-16-7-4-3-5-8-16/h3-5,7-8,13-15,22H,6,9-12H2,1-2H3. The molecule has 2 aromatic rings. The average molecular weight is 343 g/mol. The molecule has 0 spiro atoms. The van der Waals surface area contributed by atoms with Crippen LogP contribution in [0.5, 0.6) is 11.5 Å². The molecule has 0 radical (unpaired) electrons. The quantitative estimate of drug-likeness (QED) is 0.761. The number of rotatable bonds is 9. The van der Waals surface area contributed by atoms with Crippen LogP contribution in [0.2, 0.25) is 0 Å². The number of nitrogens with zero attached hydrogens (tertiary/aromatic N) is 1. The molecule has 0 atom stereocenters. The summed E-state index contributed by atoms with van der Waals surface area (Å²) in [6.07, 6.45) is 1.72. The lowest BCUT2D eigenvalue weighted by atomic mass is 10.1. The molecule has 1 amide bonds. The maximum Gasteiger partial charge on any atom is 0.254 e. The molecule has 0 bridgehead atoms. The highest BCUT2D eigenvalue weighted by atomic mass is 16.5. The summed E-state index contributed by atoms with van der Waals surface area (Å²) in [6.45, 7) is 0.805. The minimum atomic E-state index is -0.140. The van der Waals surface area contributed by atoms with E-state index in [0.29, 0.717) is 30.2 Å². The Hall–Kier alpha value is -2.53. The lowest BCUT2D eigenvalue weighted by Crippen LogP contribution is -2.34. The summed E-state index contributed by atoms with van der Waals surface area (Å²) >= 11 is 0. The van der Waals surface area contributed by atoms with Gasteiger partial charge in [0.25, 0.3) is 5.91 Å². The third-order valence-corrected chi connectivity index (χ3v) is 3.99. The first-order chi connectivity index (χ1) is 12.2. The number of aliphatic hydroxyl groups is 1. The van der Waals surface area contributed by atoms with Crippen molar-refractivity contribution in [2.75, 3.05) is 33.9 Å². The fraction of sp³-hybridized carbons (Fsp3) is 0.350. The van der Waals surface area contributed by atoms with Crippen LogP contribution in [0.25, 0.3) is 0 Å². The lowest BCUT2D eigenvalue weighted by Gasteiger charge is -2.22. The van der Waals surface area contributed by atoms with Gasteiger partial charge in [0.05, 0.1) is 20.8 Å². The van der Waals surface area contributed by atoms with Crippen LogP contribution in [-0.2, 0) is 6.42 Å². The number of carbonyl (C=O) groups excluding carboxylic acids is 1. The summed E-state index contributed by atoms with van der Waals surface area (Å²) in [5.41, 5.74) is 1.73. The van der Waals surface area contributed by atoms with Gasteiger partial charge < -0.3 is 19.5 Å². The van der Waals surface area contributed by atoms with Gasteiger partial charge in [-0.2, -0.15) is 0 Å². The van der Waals surface area contributed by atoms with Gasteiger partial charge in [-0.05, 0) is 30.5 Å². The number of methoxy groups -OCH3 is 2. The highest BCUT2D eigenvalue weighted by Crippen LogP contribution is 2.23. The van der Waals surface area contributed by atoms with E-state index in [1.54, 1.807) is 37.3 Å².